The van der Waals surface area contributed by atoms with Gasteiger partial charge in [-0.15, -0.1) is 0 Å². The molecule has 4 heteroatoms. The van der Waals surface area contributed by atoms with E-state index in [4.69, 9.17) is 22.7 Å². The number of nitrogens with zero attached hydrogens (tertiary/aromatic N) is 1. The molecular weight excluding hydrogens is 268 g/mol. The smallest absolute Gasteiger partial charge is 0.123 e. The van der Waals surface area contributed by atoms with Gasteiger partial charge < -0.3 is 10.5 Å². The van der Waals surface area contributed by atoms with Crippen LogP contribution in [-0.4, -0.2) is 35.1 Å². The Morgan fingerprint density at radius 2 is 2.30 bits per heavy atom. The number of benzene rings is 1. The van der Waals surface area contributed by atoms with E-state index in [0.29, 0.717) is 4.99 Å². The first-order valence-electron chi connectivity index (χ1n) is 7.43. The molecule has 2 heterocycles. The number of hydrogen-bond donors (Lipinski definition) is 1. The Bertz CT molecular complexity index is 517. The Balaban J connectivity index is 1.66. The monoisotopic (exact) mass is 290 g/mol. The van der Waals surface area contributed by atoms with E-state index in [-0.39, 0.29) is 12.1 Å². The molecule has 2 atom stereocenters. The topological polar surface area (TPSA) is 38.5 Å². The quantitative estimate of drug-likeness (QED) is 0.868. The van der Waals surface area contributed by atoms with E-state index in [1.165, 1.54) is 24.0 Å². The zero-order valence-electron chi connectivity index (χ0n) is 12.0. The number of thiocarbonyl (C=S) groups is 1. The molecule has 0 radical (unpaired) electrons. The summed E-state index contributed by atoms with van der Waals surface area (Å²) in [5, 5.41) is 0. The second-order valence-electron chi connectivity index (χ2n) is 5.96. The molecule has 0 saturated carbocycles. The molecule has 1 saturated heterocycles. The van der Waals surface area contributed by atoms with Gasteiger partial charge in [-0.1, -0.05) is 36.3 Å². The zero-order valence-corrected chi connectivity index (χ0v) is 12.8. The summed E-state index contributed by atoms with van der Waals surface area (Å²) in [5.74, 6) is 1.05. The van der Waals surface area contributed by atoms with E-state index in [0.717, 1.165) is 31.7 Å². The molecule has 0 aromatic heterocycles. The van der Waals surface area contributed by atoms with Crippen molar-refractivity contribution in [3.8, 4) is 5.75 Å². The lowest BCUT2D eigenvalue weighted by atomic mass is 10.0. The lowest BCUT2D eigenvalue weighted by molar-refractivity contribution is 0.116. The third-order valence-electron chi connectivity index (χ3n) is 4.34. The van der Waals surface area contributed by atoms with Crippen molar-refractivity contribution in [3.05, 3.63) is 29.3 Å². The summed E-state index contributed by atoms with van der Waals surface area (Å²) in [7, 11) is 0. The summed E-state index contributed by atoms with van der Waals surface area (Å²) in [4.78, 5) is 3.05. The highest BCUT2D eigenvalue weighted by molar-refractivity contribution is 7.80. The summed E-state index contributed by atoms with van der Waals surface area (Å²) < 4.78 is 6.07. The normalized spacial score (nSPS) is 26.1. The molecule has 0 aliphatic carbocycles. The van der Waals surface area contributed by atoms with Crippen molar-refractivity contribution >= 4 is 17.2 Å². The number of nitrogens with two attached hydrogens (primary N) is 1. The molecule has 0 bridgehead atoms. The Morgan fingerprint density at radius 1 is 1.45 bits per heavy atom. The molecule has 2 aliphatic heterocycles. The molecule has 1 fully saturated rings. The first-order chi connectivity index (χ1) is 9.63. The SMILES string of the molecule is Cc1ccc2c(c1)CC(CN1CCCCC1C(N)=S)O2. The first-order valence-corrected chi connectivity index (χ1v) is 7.84. The van der Waals surface area contributed by atoms with Gasteiger partial charge in [0.2, 0.25) is 0 Å². The minimum absolute atomic E-state index is 0.238. The number of rotatable bonds is 3. The van der Waals surface area contributed by atoms with Gasteiger partial charge in [-0.2, -0.15) is 0 Å². The van der Waals surface area contributed by atoms with E-state index in [1.54, 1.807) is 0 Å². The van der Waals surface area contributed by atoms with Gasteiger partial charge in [0.15, 0.2) is 0 Å². The van der Waals surface area contributed by atoms with Gasteiger partial charge in [-0.05, 0) is 37.9 Å². The minimum atomic E-state index is 0.238. The van der Waals surface area contributed by atoms with Gasteiger partial charge in [0, 0.05) is 13.0 Å². The fraction of sp³-hybridized carbons (Fsp3) is 0.562. The maximum absolute atomic E-state index is 6.07. The van der Waals surface area contributed by atoms with Gasteiger partial charge in [-0.3, -0.25) is 4.90 Å². The van der Waals surface area contributed by atoms with Crippen LogP contribution >= 0.6 is 12.2 Å². The number of ether oxygens (including phenoxy) is 1. The standard InChI is InChI=1S/C16H22N2OS/c1-11-5-6-15-12(8-11)9-13(19-15)10-18-7-3-2-4-14(18)16(17)20/h5-6,8,13-14H,2-4,7,9-10H2,1H3,(H2,17,20). The second-order valence-corrected chi connectivity index (χ2v) is 6.44. The molecule has 1 aromatic carbocycles. The van der Waals surface area contributed by atoms with E-state index in [2.05, 4.69) is 30.0 Å². The van der Waals surface area contributed by atoms with Crippen LogP contribution < -0.4 is 10.5 Å². The Hall–Kier alpha value is -1.13. The Labute approximate surface area is 126 Å². The second kappa shape index (κ2) is 5.70. The fourth-order valence-electron chi connectivity index (χ4n) is 3.34. The van der Waals surface area contributed by atoms with Crippen LogP contribution in [0.4, 0.5) is 0 Å². The van der Waals surface area contributed by atoms with E-state index in [1.807, 2.05) is 0 Å². The van der Waals surface area contributed by atoms with E-state index in [9.17, 15) is 0 Å². The first kappa shape index (κ1) is 13.8. The predicted molar refractivity (Wildman–Crippen MR) is 85.3 cm³/mol. The van der Waals surface area contributed by atoms with Crippen molar-refractivity contribution in [1.82, 2.24) is 4.90 Å². The van der Waals surface area contributed by atoms with Gasteiger partial charge in [0.1, 0.15) is 11.9 Å². The van der Waals surface area contributed by atoms with Crippen LogP contribution in [-0.2, 0) is 6.42 Å². The van der Waals surface area contributed by atoms with E-state index < -0.39 is 0 Å². The van der Waals surface area contributed by atoms with Gasteiger partial charge in [0.25, 0.3) is 0 Å². The summed E-state index contributed by atoms with van der Waals surface area (Å²) in [5.41, 5.74) is 8.52. The molecule has 0 spiro atoms. The molecule has 1 aromatic rings. The number of likely N-dealkylation sites (tertiary alicyclic amines) is 1. The molecule has 108 valence electrons. The van der Waals surface area contributed by atoms with Crippen LogP contribution in [0, 0.1) is 6.92 Å². The predicted octanol–water partition coefficient (Wildman–Crippen LogP) is 2.44. The molecule has 2 unspecified atom stereocenters. The lowest BCUT2D eigenvalue weighted by Gasteiger charge is -2.36. The largest absolute Gasteiger partial charge is 0.488 e. The molecule has 0 amide bonds. The average Bonchev–Trinajstić information content (AvgIpc) is 2.80. The number of aryl methyl sites for hydroxylation is 1. The average molecular weight is 290 g/mol. The van der Waals surface area contributed by atoms with E-state index >= 15 is 0 Å². The summed E-state index contributed by atoms with van der Waals surface area (Å²) in [6.07, 6.45) is 4.79. The van der Waals surface area contributed by atoms with Crippen LogP contribution in [0.2, 0.25) is 0 Å². The third kappa shape index (κ3) is 2.81. The fourth-order valence-corrected chi connectivity index (χ4v) is 3.61. The molecule has 2 aliphatic rings. The van der Waals surface area contributed by atoms with Crippen molar-refractivity contribution < 1.29 is 4.74 Å². The maximum atomic E-state index is 6.07. The molecule has 20 heavy (non-hydrogen) atoms. The van der Waals surface area contributed by atoms with Crippen molar-refractivity contribution in [3.63, 3.8) is 0 Å². The van der Waals surface area contributed by atoms with Crippen molar-refractivity contribution in [2.75, 3.05) is 13.1 Å². The van der Waals surface area contributed by atoms with Crippen molar-refractivity contribution in [2.24, 2.45) is 5.73 Å². The van der Waals surface area contributed by atoms with Crippen molar-refractivity contribution in [2.45, 2.75) is 44.8 Å². The summed E-state index contributed by atoms with van der Waals surface area (Å²) in [6.45, 7) is 4.13. The van der Waals surface area contributed by atoms with Crippen LogP contribution in [0.15, 0.2) is 18.2 Å². The summed E-state index contributed by atoms with van der Waals surface area (Å²) in [6, 6.07) is 6.69. The maximum Gasteiger partial charge on any atom is 0.123 e. The molecule has 3 nitrogen and oxygen atoms in total. The Kier molecular flexibility index (Phi) is 3.94. The summed E-state index contributed by atoms with van der Waals surface area (Å²) >= 11 is 5.22. The number of hydrogen-bond acceptors (Lipinski definition) is 3. The lowest BCUT2D eigenvalue weighted by Crippen LogP contribution is -2.50. The highest BCUT2D eigenvalue weighted by atomic mass is 32.1. The Morgan fingerprint density at radius 3 is 3.10 bits per heavy atom. The van der Waals surface area contributed by atoms with Crippen LogP contribution in [0.25, 0.3) is 0 Å². The number of piperidine rings is 1. The zero-order chi connectivity index (χ0) is 14.1. The van der Waals surface area contributed by atoms with Gasteiger partial charge in [0.05, 0.1) is 11.0 Å². The van der Waals surface area contributed by atoms with Gasteiger partial charge in [-0.25, -0.2) is 0 Å². The van der Waals surface area contributed by atoms with Crippen LogP contribution in [0.5, 0.6) is 5.75 Å². The third-order valence-corrected chi connectivity index (χ3v) is 4.61. The highest BCUT2D eigenvalue weighted by Crippen LogP contribution is 2.30. The van der Waals surface area contributed by atoms with Gasteiger partial charge >= 0.3 is 0 Å². The molecular formula is C16H22N2OS. The minimum Gasteiger partial charge on any atom is -0.488 e. The van der Waals surface area contributed by atoms with Crippen molar-refractivity contribution in [1.29, 1.82) is 0 Å². The number of fused-ring (bicyclic) bond motifs is 1. The molecule has 3 rings (SSSR count). The highest BCUT2D eigenvalue weighted by Gasteiger charge is 2.30. The molecule has 2 N–H and O–H groups in total. The van der Waals surface area contributed by atoms with Crippen LogP contribution in [0.3, 0.4) is 0 Å². The van der Waals surface area contributed by atoms with Crippen LogP contribution in [0.1, 0.15) is 30.4 Å².